The third-order valence-corrected chi connectivity index (χ3v) is 22.0. The molecule has 1 heterocycles. The summed E-state index contributed by atoms with van der Waals surface area (Å²) in [6.07, 6.45) is 11.5. The van der Waals surface area contributed by atoms with Crippen molar-refractivity contribution in [1.82, 2.24) is 4.72 Å². The molecule has 0 saturated heterocycles. The van der Waals surface area contributed by atoms with Gasteiger partial charge in [-0.15, -0.1) is 0 Å². The summed E-state index contributed by atoms with van der Waals surface area (Å²) in [7, 11) is -7.87. The molecule has 10 atom stereocenters. The lowest BCUT2D eigenvalue weighted by molar-refractivity contribution is -0.0950. The third kappa shape index (κ3) is 10.3. The van der Waals surface area contributed by atoms with Crippen LogP contribution < -0.4 is 9.46 Å². The summed E-state index contributed by atoms with van der Waals surface area (Å²) >= 11 is 0. The van der Waals surface area contributed by atoms with Crippen molar-refractivity contribution >= 4 is 32.8 Å². The minimum Gasteiger partial charge on any atom is -0.488 e. The molecule has 56 heavy (non-hydrogen) atoms. The van der Waals surface area contributed by atoms with Crippen molar-refractivity contribution < 1.29 is 31.5 Å². The Balaban J connectivity index is 1.30. The Hall–Kier alpha value is -1.41. The molecule has 3 fully saturated rings. The van der Waals surface area contributed by atoms with Crippen LogP contribution >= 0.6 is 0 Å². The smallest absolute Gasteiger partial charge is 0.421 e. The molecule has 1 aromatic rings. The molecule has 0 bridgehead atoms. The summed E-state index contributed by atoms with van der Waals surface area (Å²) in [5.74, 6) is 3.91. The SMILES string of the molecule is CC[C@@H]1CCC(O[Si](C)(C)C(C)(C)C)CCC(C)[C@H]2CCC3(C)C([C@H](C)COC(=O)NS(=O)(=O)c4ccc5c(c4)CCC(C)(C)O5)CC[C@H]3[C@@H]2C1O[Si](C)(C)C. The van der Waals surface area contributed by atoms with E-state index in [4.69, 9.17) is 18.3 Å². The maximum Gasteiger partial charge on any atom is 0.421 e. The molecule has 0 aromatic heterocycles. The number of nitrogens with one attached hydrogen (secondary N) is 1. The van der Waals surface area contributed by atoms with Crippen LogP contribution in [0.25, 0.3) is 0 Å². The lowest BCUT2D eigenvalue weighted by Crippen LogP contribution is -2.54. The number of amides is 1. The van der Waals surface area contributed by atoms with Crippen molar-refractivity contribution in [3.05, 3.63) is 23.8 Å². The Kier molecular flexibility index (Phi) is 13.8. The molecular weight excluding hydrogens is 755 g/mol. The normalized spacial score (nSPS) is 33.2. The summed E-state index contributed by atoms with van der Waals surface area (Å²) in [6, 6.07) is 4.80. The number of hydrogen-bond donors (Lipinski definition) is 1. The van der Waals surface area contributed by atoms with Crippen molar-refractivity contribution in [1.29, 1.82) is 0 Å². The Morgan fingerprint density at radius 2 is 1.64 bits per heavy atom. The number of carbonyl (C=O) groups is 1. The van der Waals surface area contributed by atoms with E-state index in [2.05, 4.69) is 85.9 Å². The average Bonchev–Trinajstić information content (AvgIpc) is 3.43. The fourth-order valence-corrected chi connectivity index (χ4v) is 14.6. The number of ether oxygens (including phenoxy) is 2. The van der Waals surface area contributed by atoms with Crippen LogP contribution in [0.15, 0.2) is 23.1 Å². The van der Waals surface area contributed by atoms with Crippen molar-refractivity contribution in [3.63, 3.8) is 0 Å². The second-order valence-electron chi connectivity index (χ2n) is 21.9. The minimum atomic E-state index is -4.10. The fourth-order valence-electron chi connectivity index (χ4n) is 11.1. The van der Waals surface area contributed by atoms with Gasteiger partial charge in [-0.1, -0.05) is 54.9 Å². The Morgan fingerprint density at radius 1 is 0.964 bits per heavy atom. The summed E-state index contributed by atoms with van der Waals surface area (Å²) < 4.78 is 55.1. The van der Waals surface area contributed by atoms with Gasteiger partial charge in [0.15, 0.2) is 16.6 Å². The predicted molar refractivity (Wildman–Crippen MR) is 233 cm³/mol. The summed E-state index contributed by atoms with van der Waals surface area (Å²) in [5, 5.41) is 0.194. The van der Waals surface area contributed by atoms with E-state index < -0.39 is 32.8 Å². The largest absolute Gasteiger partial charge is 0.488 e. The zero-order valence-corrected chi connectivity index (χ0v) is 40.5. The van der Waals surface area contributed by atoms with Gasteiger partial charge in [-0.25, -0.2) is 17.9 Å². The first-order valence-corrected chi connectivity index (χ1v) is 29.9. The third-order valence-electron chi connectivity index (χ3n) is 15.2. The molecule has 5 rings (SSSR count). The molecule has 1 aromatic carbocycles. The van der Waals surface area contributed by atoms with Gasteiger partial charge >= 0.3 is 6.09 Å². The average molecular weight is 834 g/mol. The topological polar surface area (TPSA) is 100 Å². The van der Waals surface area contributed by atoms with Crippen LogP contribution in [0.1, 0.15) is 132 Å². The van der Waals surface area contributed by atoms with Crippen LogP contribution in [0.5, 0.6) is 5.75 Å². The van der Waals surface area contributed by atoms with Gasteiger partial charge in [-0.3, -0.25) is 0 Å². The Bertz CT molecular complexity index is 1640. The van der Waals surface area contributed by atoms with Crippen molar-refractivity contribution in [2.24, 2.45) is 46.8 Å². The Labute approximate surface area is 344 Å². The molecule has 0 radical (unpaired) electrons. The van der Waals surface area contributed by atoms with Crippen LogP contribution in [0.4, 0.5) is 4.79 Å². The van der Waals surface area contributed by atoms with Gasteiger partial charge in [-0.05, 0) is 186 Å². The number of benzene rings is 1. The number of rotatable bonds is 10. The van der Waals surface area contributed by atoms with E-state index >= 15 is 0 Å². The standard InChI is InChI=1S/C45H79NO7SSi2/c1-15-32-17-19-34(52-56(13,14)43(4,5)6)18-16-30(2)36-25-27-45(9)37(21-22-38(45)40(36)41(32)53-55(10,11)12)31(3)29-50-42(47)46-54(48,49)35-20-23-39-33(28-35)24-26-44(7,8)51-39/h20,23,28,30-32,34,36-38,40-41H,15-19,21-22,24-27,29H2,1-14H3,(H,46,47)/t30?,31-,32-,34?,36-,37?,38+,40-,41?,45?/m1/s1. The first-order valence-electron chi connectivity index (χ1n) is 22.1. The van der Waals surface area contributed by atoms with Gasteiger partial charge < -0.3 is 18.3 Å². The van der Waals surface area contributed by atoms with Gasteiger partial charge in [0.1, 0.15) is 11.4 Å². The van der Waals surface area contributed by atoms with Crippen LogP contribution in [-0.2, 0) is 30.0 Å². The summed E-state index contributed by atoms with van der Waals surface area (Å²) in [4.78, 5) is 13.1. The fraction of sp³-hybridized carbons (Fsp3) is 0.844. The van der Waals surface area contributed by atoms with Gasteiger partial charge in [0.25, 0.3) is 10.0 Å². The number of fused-ring (bicyclic) bond motifs is 4. The van der Waals surface area contributed by atoms with Crippen molar-refractivity contribution in [3.8, 4) is 5.75 Å². The minimum absolute atomic E-state index is 0.0477. The van der Waals surface area contributed by atoms with Gasteiger partial charge in [0.2, 0.25) is 0 Å². The summed E-state index contributed by atoms with van der Waals surface area (Å²) in [5.41, 5.74) is 0.643. The highest BCUT2D eigenvalue weighted by Gasteiger charge is 2.58. The second kappa shape index (κ2) is 16.9. The van der Waals surface area contributed by atoms with Crippen molar-refractivity contribution in [2.75, 3.05) is 6.61 Å². The first-order chi connectivity index (χ1) is 25.8. The maximum atomic E-state index is 13.3. The molecule has 320 valence electrons. The number of sulfonamides is 1. The highest BCUT2D eigenvalue weighted by Crippen LogP contribution is 2.64. The number of hydrogen-bond acceptors (Lipinski definition) is 7. The first kappa shape index (κ1) is 45.7. The second-order valence-corrected chi connectivity index (χ2v) is 32.8. The van der Waals surface area contributed by atoms with E-state index in [0.29, 0.717) is 53.8 Å². The predicted octanol–water partition coefficient (Wildman–Crippen LogP) is 11.7. The zero-order chi connectivity index (χ0) is 41.6. The highest BCUT2D eigenvalue weighted by molar-refractivity contribution is 7.90. The molecule has 4 aliphatic rings. The van der Waals surface area contributed by atoms with Gasteiger partial charge in [-0.2, -0.15) is 0 Å². The van der Waals surface area contributed by atoms with E-state index in [-0.39, 0.29) is 39.6 Å². The molecule has 0 spiro atoms. The zero-order valence-electron chi connectivity index (χ0n) is 37.7. The van der Waals surface area contributed by atoms with Crippen LogP contribution in [0.3, 0.4) is 0 Å². The van der Waals surface area contributed by atoms with Crippen LogP contribution in [-0.4, -0.2) is 55.6 Å². The molecule has 11 heteroatoms. The quantitative estimate of drug-likeness (QED) is 0.234. The molecule has 8 nitrogen and oxygen atoms in total. The molecule has 3 saturated carbocycles. The molecular formula is C45H79NO7SSi2. The molecule has 3 aliphatic carbocycles. The molecule has 1 aliphatic heterocycles. The van der Waals surface area contributed by atoms with E-state index in [0.717, 1.165) is 50.5 Å². The van der Waals surface area contributed by atoms with E-state index in [1.54, 1.807) is 12.1 Å². The molecule has 1 amide bonds. The van der Waals surface area contributed by atoms with Gasteiger partial charge in [0.05, 0.1) is 17.6 Å². The molecule has 5 unspecified atom stereocenters. The van der Waals surface area contributed by atoms with E-state index in [9.17, 15) is 13.2 Å². The highest BCUT2D eigenvalue weighted by atomic mass is 32.2. The Morgan fingerprint density at radius 3 is 2.29 bits per heavy atom. The van der Waals surface area contributed by atoms with Crippen LogP contribution in [0.2, 0.25) is 37.8 Å². The maximum absolute atomic E-state index is 13.3. The monoisotopic (exact) mass is 834 g/mol. The van der Waals surface area contributed by atoms with E-state index in [1.807, 2.05) is 13.8 Å². The van der Waals surface area contributed by atoms with Crippen LogP contribution in [0, 0.1) is 46.8 Å². The number of carbonyl (C=O) groups excluding carboxylic acids is 1. The van der Waals surface area contributed by atoms with Crippen molar-refractivity contribution in [2.45, 2.75) is 193 Å². The lowest BCUT2D eigenvalue weighted by Gasteiger charge is -2.55. The lowest BCUT2D eigenvalue weighted by atomic mass is 9.52. The number of aryl methyl sites for hydroxylation is 1. The summed E-state index contributed by atoms with van der Waals surface area (Å²) in [6.45, 7) is 32.8. The van der Waals surface area contributed by atoms with E-state index in [1.165, 1.54) is 25.3 Å². The van der Waals surface area contributed by atoms with Gasteiger partial charge in [0, 0.05) is 6.10 Å². The molecule has 1 N–H and O–H groups in total.